The minimum absolute atomic E-state index is 0.124. The molecule has 2 unspecified atom stereocenters. The number of nitrogens with zero attached hydrogens (tertiary/aromatic N) is 2. The number of hydrogen-bond donors (Lipinski definition) is 0. The van der Waals surface area contributed by atoms with Gasteiger partial charge in [-0.25, -0.2) is 9.78 Å². The van der Waals surface area contributed by atoms with E-state index in [0.717, 1.165) is 6.42 Å². The van der Waals surface area contributed by atoms with E-state index in [9.17, 15) is 22.8 Å². The number of rotatable bonds is 4. The lowest BCUT2D eigenvalue weighted by Crippen LogP contribution is -2.45. The van der Waals surface area contributed by atoms with Crippen molar-refractivity contribution in [2.75, 3.05) is 19.8 Å². The van der Waals surface area contributed by atoms with Gasteiger partial charge in [0, 0.05) is 18.8 Å². The van der Waals surface area contributed by atoms with Crippen LogP contribution in [-0.4, -0.2) is 47.7 Å². The first-order valence-electron chi connectivity index (χ1n) is 8.34. The Morgan fingerprint density at radius 3 is 2.73 bits per heavy atom. The Hall–Kier alpha value is -2.32. The van der Waals surface area contributed by atoms with Crippen LogP contribution in [-0.2, 0) is 14.3 Å². The summed E-state index contributed by atoms with van der Waals surface area (Å²) in [5.74, 6) is -2.06. The van der Waals surface area contributed by atoms with E-state index in [1.165, 1.54) is 11.1 Å². The largest absolute Gasteiger partial charge is 0.478 e. The highest BCUT2D eigenvalue weighted by atomic mass is 19.4. The zero-order valence-corrected chi connectivity index (χ0v) is 14.6. The van der Waals surface area contributed by atoms with Crippen molar-refractivity contribution in [3.05, 3.63) is 23.9 Å². The van der Waals surface area contributed by atoms with Crippen molar-refractivity contribution in [2.45, 2.75) is 38.9 Å². The topological polar surface area (TPSA) is 68.7 Å². The monoisotopic (exact) mass is 374 g/mol. The van der Waals surface area contributed by atoms with Crippen molar-refractivity contribution in [1.82, 2.24) is 9.88 Å². The summed E-state index contributed by atoms with van der Waals surface area (Å²) in [6, 6.07) is 2.93. The van der Waals surface area contributed by atoms with Crippen LogP contribution < -0.4 is 4.74 Å². The van der Waals surface area contributed by atoms with E-state index in [-0.39, 0.29) is 12.5 Å². The molecule has 0 spiro atoms. The number of carbonyl (C=O) groups is 2. The number of ether oxygens (including phenoxy) is 2. The van der Waals surface area contributed by atoms with E-state index in [1.54, 1.807) is 12.1 Å². The number of halogens is 3. The predicted molar refractivity (Wildman–Crippen MR) is 85.3 cm³/mol. The predicted octanol–water partition coefficient (Wildman–Crippen LogP) is 2.89. The maximum Gasteiger partial charge on any atom is 0.422 e. The first-order chi connectivity index (χ1) is 12.2. The Labute approximate surface area is 149 Å². The maximum atomic E-state index is 12.4. The van der Waals surface area contributed by atoms with Gasteiger partial charge in [0.05, 0.1) is 12.6 Å². The second kappa shape index (κ2) is 8.37. The SMILES string of the molecule is CCOc1cc(C2CCC(C)CN2C(=O)C(=O)OCC(F)(F)F)ccn1. The first kappa shape index (κ1) is 20.0. The zero-order chi connectivity index (χ0) is 19.3. The van der Waals surface area contributed by atoms with Crippen LogP contribution in [0.5, 0.6) is 5.88 Å². The lowest BCUT2D eigenvalue weighted by atomic mass is 9.90. The number of esters is 1. The molecule has 1 saturated heterocycles. The molecule has 1 aliphatic rings. The van der Waals surface area contributed by atoms with Gasteiger partial charge in [-0.1, -0.05) is 6.92 Å². The molecule has 6 nitrogen and oxygen atoms in total. The summed E-state index contributed by atoms with van der Waals surface area (Å²) < 4.78 is 46.1. The van der Waals surface area contributed by atoms with Gasteiger partial charge in [0.1, 0.15) is 0 Å². The van der Waals surface area contributed by atoms with Gasteiger partial charge in [0.15, 0.2) is 6.61 Å². The molecule has 2 rings (SSSR count). The minimum Gasteiger partial charge on any atom is -0.478 e. The Morgan fingerprint density at radius 2 is 2.08 bits per heavy atom. The molecule has 0 aromatic carbocycles. The second-order valence-electron chi connectivity index (χ2n) is 6.21. The minimum atomic E-state index is -4.68. The molecule has 1 aliphatic heterocycles. The molecule has 9 heteroatoms. The van der Waals surface area contributed by atoms with Crippen LogP contribution in [0.2, 0.25) is 0 Å². The molecule has 0 aliphatic carbocycles. The molecule has 1 aromatic heterocycles. The fourth-order valence-electron chi connectivity index (χ4n) is 2.91. The van der Waals surface area contributed by atoms with Gasteiger partial charge in [0.25, 0.3) is 0 Å². The maximum absolute atomic E-state index is 12.4. The van der Waals surface area contributed by atoms with E-state index in [4.69, 9.17) is 4.74 Å². The number of piperidine rings is 1. The number of carbonyl (C=O) groups excluding carboxylic acids is 2. The van der Waals surface area contributed by atoms with Crippen molar-refractivity contribution < 1.29 is 32.2 Å². The van der Waals surface area contributed by atoms with Gasteiger partial charge in [-0.15, -0.1) is 0 Å². The summed E-state index contributed by atoms with van der Waals surface area (Å²) in [6.45, 7) is 2.62. The Morgan fingerprint density at radius 1 is 1.35 bits per heavy atom. The van der Waals surface area contributed by atoms with Crippen molar-refractivity contribution >= 4 is 11.9 Å². The molecular formula is C17H21F3N2O4. The molecule has 0 saturated carbocycles. The summed E-state index contributed by atoms with van der Waals surface area (Å²) in [7, 11) is 0. The summed E-state index contributed by atoms with van der Waals surface area (Å²) in [6.07, 6.45) is -1.75. The molecule has 1 aromatic rings. The molecule has 144 valence electrons. The van der Waals surface area contributed by atoms with Gasteiger partial charge in [-0.05, 0) is 37.3 Å². The van der Waals surface area contributed by atoms with Crippen molar-refractivity contribution in [3.63, 3.8) is 0 Å². The highest BCUT2D eigenvalue weighted by Crippen LogP contribution is 2.34. The molecule has 26 heavy (non-hydrogen) atoms. The molecule has 1 amide bonds. The van der Waals surface area contributed by atoms with Crippen LogP contribution in [0, 0.1) is 5.92 Å². The fourth-order valence-corrected chi connectivity index (χ4v) is 2.91. The van der Waals surface area contributed by atoms with Gasteiger partial charge in [0.2, 0.25) is 5.88 Å². The van der Waals surface area contributed by atoms with Gasteiger partial charge >= 0.3 is 18.1 Å². The van der Waals surface area contributed by atoms with E-state index in [1.807, 2.05) is 13.8 Å². The summed E-state index contributed by atoms with van der Waals surface area (Å²) >= 11 is 0. The highest BCUT2D eigenvalue weighted by molar-refractivity contribution is 6.32. The van der Waals surface area contributed by atoms with Crippen molar-refractivity contribution in [1.29, 1.82) is 0 Å². The molecule has 2 heterocycles. The normalized spacial score (nSPS) is 20.6. The van der Waals surface area contributed by atoms with Crippen LogP contribution in [0.4, 0.5) is 13.2 Å². The zero-order valence-electron chi connectivity index (χ0n) is 14.6. The van der Waals surface area contributed by atoms with Gasteiger partial charge < -0.3 is 14.4 Å². The van der Waals surface area contributed by atoms with E-state index >= 15 is 0 Å². The lowest BCUT2D eigenvalue weighted by Gasteiger charge is -2.38. The van der Waals surface area contributed by atoms with Crippen LogP contribution in [0.1, 0.15) is 38.3 Å². The smallest absolute Gasteiger partial charge is 0.422 e. The third kappa shape index (κ3) is 5.34. The Kier molecular flexibility index (Phi) is 6.44. The molecule has 0 radical (unpaired) electrons. The Balaban J connectivity index is 2.18. The third-order valence-corrected chi connectivity index (χ3v) is 4.06. The molecule has 0 bridgehead atoms. The number of aromatic nitrogens is 1. The van der Waals surface area contributed by atoms with Crippen molar-refractivity contribution in [2.24, 2.45) is 5.92 Å². The molecule has 2 atom stereocenters. The van der Waals surface area contributed by atoms with Crippen LogP contribution in [0.3, 0.4) is 0 Å². The fraction of sp³-hybridized carbons (Fsp3) is 0.588. The number of likely N-dealkylation sites (tertiary alicyclic amines) is 1. The van der Waals surface area contributed by atoms with Crippen molar-refractivity contribution in [3.8, 4) is 5.88 Å². The lowest BCUT2D eigenvalue weighted by molar-refractivity contribution is -0.190. The summed E-state index contributed by atoms with van der Waals surface area (Å²) in [4.78, 5) is 29.5. The average Bonchev–Trinajstić information content (AvgIpc) is 2.59. The third-order valence-electron chi connectivity index (χ3n) is 4.06. The molecule has 1 fully saturated rings. The molecule has 0 N–H and O–H groups in total. The van der Waals surface area contributed by atoms with Gasteiger partial charge in [-0.2, -0.15) is 13.2 Å². The van der Waals surface area contributed by atoms with E-state index in [2.05, 4.69) is 9.72 Å². The summed E-state index contributed by atoms with van der Waals surface area (Å²) in [5.41, 5.74) is 0.715. The highest BCUT2D eigenvalue weighted by Gasteiger charge is 2.37. The number of alkyl halides is 3. The number of hydrogen-bond acceptors (Lipinski definition) is 5. The standard InChI is InChI=1S/C17H21F3N2O4/c1-3-25-14-8-12(6-7-21-14)13-5-4-11(2)9-22(13)15(23)16(24)26-10-17(18,19)20/h6-8,11,13H,3-5,9-10H2,1-2H3. The van der Waals surface area contributed by atoms with Gasteiger partial charge in [-0.3, -0.25) is 4.79 Å². The Bertz CT molecular complexity index is 651. The summed E-state index contributed by atoms with van der Waals surface area (Å²) in [5, 5.41) is 0. The quantitative estimate of drug-likeness (QED) is 0.599. The van der Waals surface area contributed by atoms with Crippen LogP contribution in [0.15, 0.2) is 18.3 Å². The first-order valence-corrected chi connectivity index (χ1v) is 8.34. The van der Waals surface area contributed by atoms with E-state index < -0.39 is 30.7 Å². The number of pyridine rings is 1. The second-order valence-corrected chi connectivity index (χ2v) is 6.21. The van der Waals surface area contributed by atoms with Crippen LogP contribution in [0.25, 0.3) is 0 Å². The average molecular weight is 374 g/mol. The number of amides is 1. The van der Waals surface area contributed by atoms with E-state index in [0.29, 0.717) is 24.5 Å². The van der Waals surface area contributed by atoms with Crippen LogP contribution >= 0.6 is 0 Å². The molecular weight excluding hydrogens is 353 g/mol.